The van der Waals surface area contributed by atoms with Crippen LogP contribution in [0.25, 0.3) is 11.0 Å². The molecular formula is C7H4ClN3O2. The third kappa shape index (κ3) is 1.23. The average molecular weight is 198 g/mol. The van der Waals surface area contributed by atoms with E-state index in [0.717, 1.165) is 0 Å². The maximum Gasteiger partial charge on any atom is 0.271 e. The Morgan fingerprint density at radius 2 is 2.31 bits per heavy atom. The lowest BCUT2D eigenvalue weighted by atomic mass is 10.3. The van der Waals surface area contributed by atoms with Crippen LogP contribution in [0, 0.1) is 10.1 Å². The molecule has 2 aromatic rings. The molecule has 0 spiro atoms. The quantitative estimate of drug-likeness (QED) is 0.519. The molecule has 5 nitrogen and oxygen atoms in total. The number of fused-ring (bicyclic) bond motifs is 1. The first-order valence-corrected chi connectivity index (χ1v) is 3.80. The number of rotatable bonds is 1. The standard InChI is InChI=1S/C7H4ClN3O2/c8-10-4-9-6-2-1-5(11(12)13)3-7(6)10/h1-4H. The minimum Gasteiger partial charge on any atom is -0.258 e. The molecule has 0 atom stereocenters. The summed E-state index contributed by atoms with van der Waals surface area (Å²) in [6.07, 6.45) is 1.40. The number of halogens is 1. The second-order valence-corrected chi connectivity index (χ2v) is 2.85. The van der Waals surface area contributed by atoms with E-state index in [9.17, 15) is 10.1 Å². The van der Waals surface area contributed by atoms with Gasteiger partial charge in [-0.3, -0.25) is 10.1 Å². The van der Waals surface area contributed by atoms with Crippen LogP contribution in [0.5, 0.6) is 0 Å². The van der Waals surface area contributed by atoms with Crippen LogP contribution in [0.15, 0.2) is 24.5 Å². The SMILES string of the molecule is O=[N+]([O-])c1ccc2ncn(Cl)c2c1. The van der Waals surface area contributed by atoms with Crippen LogP contribution in [-0.4, -0.2) is 14.0 Å². The maximum absolute atomic E-state index is 10.4. The van der Waals surface area contributed by atoms with Gasteiger partial charge in [-0.2, -0.15) is 0 Å². The Kier molecular flexibility index (Phi) is 1.66. The van der Waals surface area contributed by atoms with Crippen LogP contribution in [-0.2, 0) is 0 Å². The number of imidazole rings is 1. The van der Waals surface area contributed by atoms with E-state index < -0.39 is 4.92 Å². The Labute approximate surface area is 77.8 Å². The zero-order chi connectivity index (χ0) is 9.42. The van der Waals surface area contributed by atoms with E-state index in [0.29, 0.717) is 11.0 Å². The number of hydrogen-bond donors (Lipinski definition) is 0. The summed E-state index contributed by atoms with van der Waals surface area (Å²) < 4.78 is 1.22. The Hall–Kier alpha value is -1.62. The van der Waals surface area contributed by atoms with Gasteiger partial charge >= 0.3 is 0 Å². The lowest BCUT2D eigenvalue weighted by Gasteiger charge is -1.92. The van der Waals surface area contributed by atoms with E-state index in [4.69, 9.17) is 11.8 Å². The summed E-state index contributed by atoms with van der Waals surface area (Å²) >= 11 is 5.68. The molecule has 0 aliphatic heterocycles. The summed E-state index contributed by atoms with van der Waals surface area (Å²) in [6.45, 7) is 0. The number of nitro benzene ring substituents is 1. The molecule has 0 radical (unpaired) electrons. The number of aromatic nitrogens is 2. The van der Waals surface area contributed by atoms with Gasteiger partial charge < -0.3 is 0 Å². The highest BCUT2D eigenvalue weighted by Gasteiger charge is 2.08. The number of nitro groups is 1. The first-order chi connectivity index (χ1) is 6.18. The summed E-state index contributed by atoms with van der Waals surface area (Å²) in [5.41, 5.74) is 1.19. The zero-order valence-electron chi connectivity index (χ0n) is 6.35. The predicted octanol–water partition coefficient (Wildman–Crippen LogP) is 1.95. The van der Waals surface area contributed by atoms with Crippen molar-refractivity contribution in [2.24, 2.45) is 0 Å². The molecule has 0 aliphatic carbocycles. The second kappa shape index (κ2) is 2.70. The van der Waals surface area contributed by atoms with Crippen LogP contribution >= 0.6 is 11.8 Å². The van der Waals surface area contributed by atoms with Gasteiger partial charge in [0, 0.05) is 23.9 Å². The largest absolute Gasteiger partial charge is 0.271 e. The second-order valence-electron chi connectivity index (χ2n) is 2.49. The van der Waals surface area contributed by atoms with E-state index in [1.54, 1.807) is 6.07 Å². The van der Waals surface area contributed by atoms with Gasteiger partial charge in [0.1, 0.15) is 6.33 Å². The van der Waals surface area contributed by atoms with Crippen molar-refractivity contribution in [3.63, 3.8) is 0 Å². The Morgan fingerprint density at radius 3 is 3.00 bits per heavy atom. The normalized spacial score (nSPS) is 10.5. The summed E-state index contributed by atoms with van der Waals surface area (Å²) in [5.74, 6) is 0. The highest BCUT2D eigenvalue weighted by atomic mass is 35.5. The molecule has 1 aromatic heterocycles. The number of benzene rings is 1. The first kappa shape index (κ1) is 8.00. The molecular weight excluding hydrogens is 194 g/mol. The monoisotopic (exact) mass is 197 g/mol. The average Bonchev–Trinajstić information content (AvgIpc) is 2.47. The molecule has 0 saturated heterocycles. The van der Waals surface area contributed by atoms with Crippen LogP contribution in [0.4, 0.5) is 5.69 Å². The van der Waals surface area contributed by atoms with Gasteiger partial charge in [-0.05, 0) is 6.07 Å². The van der Waals surface area contributed by atoms with Crippen molar-refractivity contribution in [1.82, 2.24) is 9.07 Å². The maximum atomic E-state index is 10.4. The Morgan fingerprint density at radius 1 is 1.54 bits per heavy atom. The van der Waals surface area contributed by atoms with E-state index >= 15 is 0 Å². The van der Waals surface area contributed by atoms with Gasteiger partial charge in [0.15, 0.2) is 0 Å². The van der Waals surface area contributed by atoms with Gasteiger partial charge in [-0.25, -0.2) is 9.07 Å². The molecule has 6 heteroatoms. The Bertz CT molecular complexity index is 480. The summed E-state index contributed by atoms with van der Waals surface area (Å²) in [4.78, 5) is 13.9. The molecule has 0 saturated carbocycles. The highest BCUT2D eigenvalue weighted by molar-refractivity contribution is 6.18. The van der Waals surface area contributed by atoms with Crippen molar-refractivity contribution >= 4 is 28.5 Å². The fourth-order valence-corrected chi connectivity index (χ4v) is 1.26. The van der Waals surface area contributed by atoms with E-state index in [2.05, 4.69) is 4.98 Å². The smallest absolute Gasteiger partial charge is 0.258 e. The minimum atomic E-state index is -0.469. The number of hydrogen-bond acceptors (Lipinski definition) is 3. The van der Waals surface area contributed by atoms with Gasteiger partial charge in [-0.15, -0.1) is 0 Å². The molecule has 0 aliphatic rings. The molecule has 1 heterocycles. The highest BCUT2D eigenvalue weighted by Crippen LogP contribution is 2.20. The number of non-ortho nitro benzene ring substituents is 1. The first-order valence-electron chi connectivity index (χ1n) is 3.46. The van der Waals surface area contributed by atoms with Gasteiger partial charge in [-0.1, -0.05) is 0 Å². The van der Waals surface area contributed by atoms with Crippen LogP contribution in [0.1, 0.15) is 0 Å². The van der Waals surface area contributed by atoms with Crippen molar-refractivity contribution in [3.05, 3.63) is 34.6 Å². The topological polar surface area (TPSA) is 61.0 Å². The lowest BCUT2D eigenvalue weighted by Crippen LogP contribution is -1.87. The van der Waals surface area contributed by atoms with Crippen molar-refractivity contribution in [3.8, 4) is 0 Å². The fraction of sp³-hybridized carbons (Fsp3) is 0. The van der Waals surface area contributed by atoms with Crippen molar-refractivity contribution in [2.45, 2.75) is 0 Å². The third-order valence-corrected chi connectivity index (χ3v) is 1.97. The Balaban J connectivity index is 2.72. The summed E-state index contributed by atoms with van der Waals surface area (Å²) in [5, 5.41) is 10.4. The van der Waals surface area contributed by atoms with Crippen molar-refractivity contribution < 1.29 is 4.92 Å². The molecule has 0 bridgehead atoms. The number of nitrogens with zero attached hydrogens (tertiary/aromatic N) is 3. The minimum absolute atomic E-state index is 0.00917. The van der Waals surface area contributed by atoms with E-state index in [-0.39, 0.29) is 5.69 Å². The lowest BCUT2D eigenvalue weighted by molar-refractivity contribution is -0.384. The van der Waals surface area contributed by atoms with Crippen LogP contribution < -0.4 is 0 Å². The molecule has 1 aromatic carbocycles. The van der Waals surface area contributed by atoms with Gasteiger partial charge in [0.05, 0.1) is 16.0 Å². The van der Waals surface area contributed by atoms with E-state index in [1.807, 2.05) is 0 Å². The van der Waals surface area contributed by atoms with Crippen molar-refractivity contribution in [1.29, 1.82) is 0 Å². The molecule has 2 rings (SSSR count). The van der Waals surface area contributed by atoms with Crippen LogP contribution in [0.3, 0.4) is 0 Å². The molecule has 0 amide bonds. The molecule has 0 fully saturated rings. The van der Waals surface area contributed by atoms with Gasteiger partial charge in [0.2, 0.25) is 0 Å². The third-order valence-electron chi connectivity index (χ3n) is 1.70. The van der Waals surface area contributed by atoms with E-state index in [1.165, 1.54) is 22.5 Å². The fourth-order valence-electron chi connectivity index (χ4n) is 1.08. The molecule has 13 heavy (non-hydrogen) atoms. The van der Waals surface area contributed by atoms with Crippen LogP contribution in [0.2, 0.25) is 0 Å². The summed E-state index contributed by atoms with van der Waals surface area (Å²) in [7, 11) is 0. The molecule has 66 valence electrons. The molecule has 0 unspecified atom stereocenters. The van der Waals surface area contributed by atoms with Gasteiger partial charge in [0.25, 0.3) is 5.69 Å². The molecule has 0 N–H and O–H groups in total. The summed E-state index contributed by atoms with van der Waals surface area (Å²) in [6, 6.07) is 4.34. The predicted molar refractivity (Wildman–Crippen MR) is 47.6 cm³/mol. The zero-order valence-corrected chi connectivity index (χ0v) is 7.10. The van der Waals surface area contributed by atoms with Crippen molar-refractivity contribution in [2.75, 3.05) is 0 Å².